The molecule has 3 aromatic rings. The van der Waals surface area contributed by atoms with E-state index in [4.69, 9.17) is 20.0 Å². The number of nitrogens with two attached hydrogens (primary N) is 1. The molecule has 5 N–H and O–H groups in total. The van der Waals surface area contributed by atoms with Gasteiger partial charge in [0.25, 0.3) is 0 Å². The second kappa shape index (κ2) is 10.5. The molecule has 1 aliphatic rings. The third-order valence-electron chi connectivity index (χ3n) is 5.90. The number of phosphoric acid groups is 1. The first-order valence-electron chi connectivity index (χ1n) is 11.4. The third-order valence-corrected chi connectivity index (χ3v) is 6.35. The molecule has 2 heterocycles. The number of phosphoric ester groups is 1. The minimum atomic E-state index is -4.61. The fourth-order valence-electron chi connectivity index (χ4n) is 3.93. The van der Waals surface area contributed by atoms with E-state index in [-0.39, 0.29) is 6.73 Å². The van der Waals surface area contributed by atoms with Crippen molar-refractivity contribution in [2.45, 2.75) is 38.5 Å². The number of hydrogen-bond acceptors (Lipinski definition) is 7. The van der Waals surface area contributed by atoms with Crippen molar-refractivity contribution < 1.29 is 28.5 Å². The molecule has 0 fully saturated rings. The van der Waals surface area contributed by atoms with E-state index in [9.17, 15) is 9.67 Å². The Kier molecular flexibility index (Phi) is 7.61. The summed E-state index contributed by atoms with van der Waals surface area (Å²) in [4.78, 5) is 19.3. The molecule has 1 atom stereocenters. The zero-order valence-corrected chi connectivity index (χ0v) is 21.0. The second-order valence-corrected chi connectivity index (χ2v) is 10.5. The zero-order chi connectivity index (χ0) is 25.9. The van der Waals surface area contributed by atoms with Crippen LogP contribution in [-0.2, 0) is 27.5 Å². The third kappa shape index (κ3) is 6.79. The SMILES string of the molecule is CC(C)(O)c1cccc(Cc2ccc(Cc3cc(C4=CC=CN(COP(=O)(O)O)C4N)on3)cc2)c1. The lowest BCUT2D eigenvalue weighted by atomic mass is 9.94. The number of nitrogens with zero attached hydrogens (tertiary/aromatic N) is 2. The van der Waals surface area contributed by atoms with Gasteiger partial charge in [-0.15, -0.1) is 0 Å². The molecule has 36 heavy (non-hydrogen) atoms. The summed E-state index contributed by atoms with van der Waals surface area (Å²) in [6.45, 7) is 3.19. The highest BCUT2D eigenvalue weighted by Gasteiger charge is 2.25. The maximum atomic E-state index is 11.0. The van der Waals surface area contributed by atoms with E-state index in [0.29, 0.717) is 17.8 Å². The lowest BCUT2D eigenvalue weighted by molar-refractivity contribution is 0.0785. The molecule has 0 spiro atoms. The first-order chi connectivity index (χ1) is 17.0. The Morgan fingerprint density at radius 1 is 1.08 bits per heavy atom. The maximum Gasteiger partial charge on any atom is 0.471 e. The Bertz CT molecular complexity index is 1300. The van der Waals surface area contributed by atoms with Gasteiger partial charge in [0.15, 0.2) is 5.76 Å². The molecule has 0 bridgehead atoms. The average Bonchev–Trinajstić information content (AvgIpc) is 3.27. The number of aromatic nitrogens is 1. The Labute approximate surface area is 209 Å². The lowest BCUT2D eigenvalue weighted by Crippen LogP contribution is -2.41. The van der Waals surface area contributed by atoms with E-state index in [1.807, 2.05) is 24.3 Å². The highest BCUT2D eigenvalue weighted by atomic mass is 31.2. The number of aliphatic hydroxyl groups is 1. The van der Waals surface area contributed by atoms with Gasteiger partial charge in [-0.05, 0) is 48.6 Å². The molecule has 0 amide bonds. The average molecular weight is 512 g/mol. The van der Waals surface area contributed by atoms with Crippen molar-refractivity contribution in [1.29, 1.82) is 0 Å². The molecule has 1 aromatic heterocycles. The number of benzene rings is 2. The van der Waals surface area contributed by atoms with Crippen molar-refractivity contribution in [2.24, 2.45) is 5.73 Å². The summed E-state index contributed by atoms with van der Waals surface area (Å²) >= 11 is 0. The molecular weight excluding hydrogens is 481 g/mol. The molecular formula is C26H30N3O6P. The van der Waals surface area contributed by atoms with Crippen molar-refractivity contribution in [3.63, 3.8) is 0 Å². The van der Waals surface area contributed by atoms with Crippen LogP contribution in [0.2, 0.25) is 0 Å². The Morgan fingerprint density at radius 3 is 2.44 bits per heavy atom. The van der Waals surface area contributed by atoms with E-state index in [1.54, 1.807) is 32.2 Å². The van der Waals surface area contributed by atoms with E-state index < -0.39 is 19.6 Å². The molecule has 9 nitrogen and oxygen atoms in total. The summed E-state index contributed by atoms with van der Waals surface area (Å²) in [5.41, 5.74) is 11.0. The van der Waals surface area contributed by atoms with Gasteiger partial charge in [0.05, 0.1) is 11.3 Å². The standard InChI is InChI=1S/C26H30N3O6P/c1-26(2,30)21-6-3-5-20(14-21)13-18-8-10-19(11-9-18)15-22-16-24(35-28-22)23-7-4-12-29(25(23)27)17-34-36(31,32)33/h3-12,14,16,25,30H,13,15,17,27H2,1-2H3,(H2,31,32,33). The minimum absolute atomic E-state index is 0.366. The fraction of sp³-hybridized carbons (Fsp3) is 0.269. The van der Waals surface area contributed by atoms with Gasteiger partial charge in [0.1, 0.15) is 12.9 Å². The second-order valence-electron chi connectivity index (χ2n) is 9.28. The largest absolute Gasteiger partial charge is 0.471 e. The van der Waals surface area contributed by atoms with Gasteiger partial charge < -0.3 is 30.1 Å². The summed E-state index contributed by atoms with van der Waals surface area (Å²) in [7, 11) is -4.61. The highest BCUT2D eigenvalue weighted by Crippen LogP contribution is 2.36. The molecule has 1 unspecified atom stereocenters. The first-order valence-corrected chi connectivity index (χ1v) is 13.0. The van der Waals surface area contributed by atoms with Crippen LogP contribution in [0.15, 0.2) is 77.5 Å². The molecule has 2 aromatic carbocycles. The van der Waals surface area contributed by atoms with Crippen molar-refractivity contribution in [3.05, 3.63) is 107 Å². The molecule has 190 valence electrons. The molecule has 0 saturated heterocycles. The van der Waals surface area contributed by atoms with Crippen LogP contribution in [-0.4, -0.2) is 37.8 Å². The summed E-state index contributed by atoms with van der Waals surface area (Å²) in [5.74, 6) is 0.478. The van der Waals surface area contributed by atoms with Crippen molar-refractivity contribution >= 4 is 13.4 Å². The summed E-state index contributed by atoms with van der Waals surface area (Å²) in [5, 5.41) is 14.4. The maximum absolute atomic E-state index is 11.0. The van der Waals surface area contributed by atoms with E-state index in [0.717, 1.165) is 34.4 Å². The molecule has 0 saturated carbocycles. The Hall–Kier alpha value is -3.04. The van der Waals surface area contributed by atoms with Crippen LogP contribution in [0.1, 0.15) is 47.6 Å². The van der Waals surface area contributed by atoms with Crippen LogP contribution >= 0.6 is 7.82 Å². The molecule has 10 heteroatoms. The summed E-state index contributed by atoms with van der Waals surface area (Å²) in [6, 6.07) is 18.1. The fourth-order valence-corrected chi connectivity index (χ4v) is 4.22. The van der Waals surface area contributed by atoms with Gasteiger partial charge in [-0.3, -0.25) is 4.52 Å². The van der Waals surface area contributed by atoms with Gasteiger partial charge in [-0.25, -0.2) is 4.57 Å². The van der Waals surface area contributed by atoms with Gasteiger partial charge in [-0.2, -0.15) is 0 Å². The highest BCUT2D eigenvalue weighted by molar-refractivity contribution is 7.46. The zero-order valence-electron chi connectivity index (χ0n) is 20.1. The van der Waals surface area contributed by atoms with Crippen LogP contribution in [0.3, 0.4) is 0 Å². The summed E-state index contributed by atoms with van der Waals surface area (Å²) < 4.78 is 21.1. The quantitative estimate of drug-likeness (QED) is 0.317. The van der Waals surface area contributed by atoms with Gasteiger partial charge in [0.2, 0.25) is 0 Å². The Morgan fingerprint density at radius 2 is 1.78 bits per heavy atom. The topological polar surface area (TPSA) is 142 Å². The van der Waals surface area contributed by atoms with Crippen LogP contribution in [0.4, 0.5) is 0 Å². The lowest BCUT2D eigenvalue weighted by Gasteiger charge is -2.30. The molecule has 0 radical (unpaired) electrons. The minimum Gasteiger partial charge on any atom is -0.386 e. The van der Waals surface area contributed by atoms with Crippen LogP contribution < -0.4 is 5.73 Å². The van der Waals surface area contributed by atoms with Crippen molar-refractivity contribution in [3.8, 4) is 0 Å². The van der Waals surface area contributed by atoms with Gasteiger partial charge >= 0.3 is 7.82 Å². The number of hydrogen-bond donors (Lipinski definition) is 4. The van der Waals surface area contributed by atoms with Crippen molar-refractivity contribution in [2.75, 3.05) is 6.73 Å². The smallest absolute Gasteiger partial charge is 0.386 e. The van der Waals surface area contributed by atoms with E-state index in [1.165, 1.54) is 4.90 Å². The van der Waals surface area contributed by atoms with Crippen LogP contribution in [0, 0.1) is 0 Å². The van der Waals surface area contributed by atoms with Crippen LogP contribution in [0.5, 0.6) is 0 Å². The monoisotopic (exact) mass is 511 g/mol. The van der Waals surface area contributed by atoms with Crippen molar-refractivity contribution in [1.82, 2.24) is 10.1 Å². The summed E-state index contributed by atoms with van der Waals surface area (Å²) in [6.07, 6.45) is 5.67. The first kappa shape index (κ1) is 26.0. The van der Waals surface area contributed by atoms with Gasteiger partial charge in [0, 0.05) is 24.3 Å². The predicted molar refractivity (Wildman–Crippen MR) is 135 cm³/mol. The molecule has 1 aliphatic heterocycles. The Balaban J connectivity index is 1.39. The molecule has 0 aliphatic carbocycles. The molecule has 4 rings (SSSR count). The van der Waals surface area contributed by atoms with Gasteiger partial charge in [-0.1, -0.05) is 59.8 Å². The van der Waals surface area contributed by atoms with E-state index in [2.05, 4.69) is 40.0 Å². The number of allylic oxidation sites excluding steroid dienone is 2. The van der Waals surface area contributed by atoms with E-state index >= 15 is 0 Å². The normalized spacial score (nSPS) is 16.3. The predicted octanol–water partition coefficient (Wildman–Crippen LogP) is 3.65. The van der Waals surface area contributed by atoms with Crippen LogP contribution in [0.25, 0.3) is 5.57 Å². The number of rotatable bonds is 9.